The van der Waals surface area contributed by atoms with Gasteiger partial charge in [0.25, 0.3) is 0 Å². The highest BCUT2D eigenvalue weighted by atomic mass is 16.2. The van der Waals surface area contributed by atoms with Crippen LogP contribution < -0.4 is 16.0 Å². The van der Waals surface area contributed by atoms with E-state index in [1.54, 1.807) is 0 Å². The lowest BCUT2D eigenvalue weighted by molar-refractivity contribution is -0.575. The molecule has 1 aliphatic rings. The number of amides is 2. The van der Waals surface area contributed by atoms with E-state index in [4.69, 9.17) is 5.41 Å². The number of anilines is 1. The molecule has 1 aliphatic heterocycles. The minimum absolute atomic E-state index is 0.304. The lowest BCUT2D eigenvalue weighted by atomic mass is 10.2. The van der Waals surface area contributed by atoms with Gasteiger partial charge in [0.1, 0.15) is 11.9 Å². The van der Waals surface area contributed by atoms with Crippen molar-refractivity contribution in [1.82, 2.24) is 20.2 Å². The molecule has 5 N–H and O–H groups in total. The lowest BCUT2D eigenvalue weighted by Gasteiger charge is -2.19. The maximum atomic E-state index is 11.9. The number of urea groups is 1. The molecule has 1 aromatic heterocycles. The van der Waals surface area contributed by atoms with Gasteiger partial charge in [-0.05, 0) is 51.7 Å². The SMILES string of the molecule is CCCNC(=O)Nc1ncnc([NH2+]CCCCN2CCCCCC2)c1C=N. The summed E-state index contributed by atoms with van der Waals surface area (Å²) >= 11 is 0. The molecule has 27 heavy (non-hydrogen) atoms. The number of aromatic nitrogens is 2. The first kappa shape index (κ1) is 21.2. The fourth-order valence-corrected chi connectivity index (χ4v) is 3.28. The normalized spacial score (nSPS) is 15.1. The minimum atomic E-state index is -0.304. The van der Waals surface area contributed by atoms with Crippen molar-refractivity contribution >= 4 is 23.9 Å². The van der Waals surface area contributed by atoms with Crippen LogP contribution in [0, 0.1) is 5.41 Å². The Morgan fingerprint density at radius 3 is 2.74 bits per heavy atom. The van der Waals surface area contributed by atoms with Crippen LogP contribution in [-0.2, 0) is 0 Å². The summed E-state index contributed by atoms with van der Waals surface area (Å²) in [5.74, 6) is 1.09. The van der Waals surface area contributed by atoms with Crippen LogP contribution in [0.4, 0.5) is 16.4 Å². The van der Waals surface area contributed by atoms with Crippen LogP contribution >= 0.6 is 0 Å². The summed E-state index contributed by atoms with van der Waals surface area (Å²) in [7, 11) is 0. The van der Waals surface area contributed by atoms with Crippen LogP contribution in [0.1, 0.15) is 57.4 Å². The smallest absolute Gasteiger partial charge is 0.320 e. The van der Waals surface area contributed by atoms with Crippen molar-refractivity contribution in [1.29, 1.82) is 5.41 Å². The summed E-state index contributed by atoms with van der Waals surface area (Å²) in [5.41, 5.74) is 0.552. The summed E-state index contributed by atoms with van der Waals surface area (Å²) in [6.07, 6.45) is 11.2. The molecule has 2 heterocycles. The molecule has 0 saturated carbocycles. The van der Waals surface area contributed by atoms with E-state index in [2.05, 4.69) is 25.5 Å². The molecular weight excluding hydrogens is 342 g/mol. The first-order valence-electron chi connectivity index (χ1n) is 10.2. The second-order valence-electron chi connectivity index (χ2n) is 7.00. The third kappa shape index (κ3) is 7.60. The van der Waals surface area contributed by atoms with E-state index >= 15 is 0 Å². The predicted molar refractivity (Wildman–Crippen MR) is 108 cm³/mol. The summed E-state index contributed by atoms with van der Waals surface area (Å²) in [6.45, 7) is 7.15. The Labute approximate surface area is 162 Å². The molecule has 2 amide bonds. The van der Waals surface area contributed by atoms with Crippen molar-refractivity contribution in [2.45, 2.75) is 51.9 Å². The maximum Gasteiger partial charge on any atom is 0.320 e. The van der Waals surface area contributed by atoms with Crippen LogP contribution in [0.5, 0.6) is 0 Å². The van der Waals surface area contributed by atoms with E-state index in [0.717, 1.165) is 19.4 Å². The summed E-state index contributed by atoms with van der Waals surface area (Å²) in [4.78, 5) is 22.8. The first-order chi connectivity index (χ1) is 13.2. The molecule has 150 valence electrons. The standard InChI is InChI=1S/C19H33N7O/c1-2-9-22-19(27)25-18-16(14-20)17(23-15-24-18)21-10-5-8-13-26-11-6-3-4-7-12-26/h14-15,20H,2-13H2,1H3,(H3,21,22,23,24,25,27)/p+1. The Hall–Kier alpha value is -2.06. The van der Waals surface area contributed by atoms with Crippen LogP contribution in [0.3, 0.4) is 0 Å². The number of hydrogen-bond acceptors (Lipinski definition) is 5. The Morgan fingerprint density at radius 1 is 1.26 bits per heavy atom. The highest BCUT2D eigenvalue weighted by Crippen LogP contribution is 2.13. The van der Waals surface area contributed by atoms with Gasteiger partial charge < -0.3 is 15.6 Å². The topological polar surface area (TPSA) is 111 Å². The summed E-state index contributed by atoms with van der Waals surface area (Å²) in [5, 5.41) is 15.2. The number of unbranched alkanes of at least 4 members (excludes halogenated alkanes) is 1. The van der Waals surface area contributed by atoms with Gasteiger partial charge in [0.15, 0.2) is 5.82 Å². The molecule has 0 spiro atoms. The molecule has 1 aromatic rings. The number of nitrogens with one attached hydrogen (secondary N) is 3. The van der Waals surface area contributed by atoms with Crippen molar-refractivity contribution in [3.63, 3.8) is 0 Å². The molecule has 0 unspecified atom stereocenters. The molecule has 2 rings (SSSR count). The Bertz CT molecular complexity index is 585. The van der Waals surface area contributed by atoms with Crippen LogP contribution in [0.2, 0.25) is 0 Å². The molecule has 8 heteroatoms. The average molecular weight is 377 g/mol. The average Bonchev–Trinajstić information content (AvgIpc) is 2.95. The predicted octanol–water partition coefficient (Wildman–Crippen LogP) is 1.86. The molecule has 0 atom stereocenters. The van der Waals surface area contributed by atoms with Crippen molar-refractivity contribution in [3.05, 3.63) is 11.9 Å². The third-order valence-electron chi connectivity index (χ3n) is 4.79. The van der Waals surface area contributed by atoms with E-state index < -0.39 is 0 Å². The number of nitrogens with zero attached hydrogens (tertiary/aromatic N) is 3. The Kier molecular flexibility index (Phi) is 9.72. The van der Waals surface area contributed by atoms with Gasteiger partial charge in [-0.15, -0.1) is 0 Å². The Morgan fingerprint density at radius 2 is 2.04 bits per heavy atom. The zero-order chi connectivity index (χ0) is 19.3. The Balaban J connectivity index is 1.78. The number of quaternary nitrogens is 1. The van der Waals surface area contributed by atoms with Crippen LogP contribution in [0.25, 0.3) is 0 Å². The van der Waals surface area contributed by atoms with E-state index in [9.17, 15) is 4.79 Å². The second-order valence-corrected chi connectivity index (χ2v) is 7.00. The lowest BCUT2D eigenvalue weighted by Crippen LogP contribution is -2.79. The molecule has 0 radical (unpaired) electrons. The monoisotopic (exact) mass is 376 g/mol. The molecule has 0 aliphatic carbocycles. The number of likely N-dealkylation sites (tertiary alicyclic amines) is 1. The number of hydrogen-bond donors (Lipinski definition) is 4. The maximum absolute atomic E-state index is 11.9. The van der Waals surface area contributed by atoms with E-state index in [-0.39, 0.29) is 6.03 Å². The van der Waals surface area contributed by atoms with Crippen molar-refractivity contribution in [2.24, 2.45) is 0 Å². The van der Waals surface area contributed by atoms with Crippen LogP contribution in [-0.4, -0.2) is 59.8 Å². The van der Waals surface area contributed by atoms with Gasteiger partial charge in [0.05, 0.1) is 6.54 Å². The highest BCUT2D eigenvalue weighted by molar-refractivity contribution is 5.96. The number of carbonyl (C=O) groups excluding carboxylic acids is 1. The molecule has 0 bridgehead atoms. The minimum Gasteiger partial charge on any atom is -0.338 e. The largest absolute Gasteiger partial charge is 0.338 e. The number of rotatable bonds is 10. The second kappa shape index (κ2) is 12.3. The quantitative estimate of drug-likeness (QED) is 0.369. The first-order valence-corrected chi connectivity index (χ1v) is 10.2. The number of carbonyl (C=O) groups is 1. The molecule has 1 fully saturated rings. The van der Waals surface area contributed by atoms with E-state index in [1.807, 2.05) is 12.2 Å². The number of nitrogens with two attached hydrogens (primary N) is 1. The van der Waals surface area contributed by atoms with Gasteiger partial charge >= 0.3 is 6.03 Å². The zero-order valence-electron chi connectivity index (χ0n) is 16.5. The fraction of sp³-hybridized carbons (Fsp3) is 0.684. The van der Waals surface area contributed by atoms with Crippen molar-refractivity contribution < 1.29 is 10.1 Å². The highest BCUT2D eigenvalue weighted by Gasteiger charge is 2.15. The van der Waals surface area contributed by atoms with Gasteiger partial charge in [0.2, 0.25) is 5.82 Å². The summed E-state index contributed by atoms with van der Waals surface area (Å²) in [6, 6.07) is -0.304. The summed E-state index contributed by atoms with van der Waals surface area (Å²) < 4.78 is 0. The van der Waals surface area contributed by atoms with Gasteiger partial charge in [-0.25, -0.2) is 9.78 Å². The van der Waals surface area contributed by atoms with Crippen molar-refractivity contribution in [3.8, 4) is 0 Å². The third-order valence-corrected chi connectivity index (χ3v) is 4.79. The van der Waals surface area contributed by atoms with Gasteiger partial charge in [-0.3, -0.25) is 10.6 Å². The van der Waals surface area contributed by atoms with E-state index in [0.29, 0.717) is 23.7 Å². The van der Waals surface area contributed by atoms with E-state index in [1.165, 1.54) is 64.3 Å². The zero-order valence-corrected chi connectivity index (χ0v) is 16.5. The molecule has 8 nitrogen and oxygen atoms in total. The van der Waals surface area contributed by atoms with Crippen LogP contribution in [0.15, 0.2) is 6.33 Å². The molecule has 0 aromatic carbocycles. The van der Waals surface area contributed by atoms with Gasteiger partial charge in [0, 0.05) is 12.8 Å². The van der Waals surface area contributed by atoms with Gasteiger partial charge in [-0.1, -0.05) is 19.8 Å². The fourth-order valence-electron chi connectivity index (χ4n) is 3.28. The molecular formula is C19H34N7O+. The van der Waals surface area contributed by atoms with Crippen molar-refractivity contribution in [2.75, 3.05) is 38.0 Å². The van der Waals surface area contributed by atoms with Gasteiger partial charge in [-0.2, -0.15) is 4.98 Å². The molecule has 1 saturated heterocycles.